The summed E-state index contributed by atoms with van der Waals surface area (Å²) in [5.41, 5.74) is 1.37. The Morgan fingerprint density at radius 1 is 1.07 bits per heavy atom. The summed E-state index contributed by atoms with van der Waals surface area (Å²) >= 11 is 6.20. The van der Waals surface area contributed by atoms with E-state index in [-0.39, 0.29) is 30.7 Å². The number of rotatable bonds is 6. The van der Waals surface area contributed by atoms with Crippen LogP contribution in [0.1, 0.15) is 17.2 Å². The predicted octanol–water partition coefficient (Wildman–Crippen LogP) is 4.59. The molecule has 0 aliphatic rings. The molecular formula is C22H22ClFN2O. The highest BCUT2D eigenvalue weighted by Crippen LogP contribution is 2.28. The van der Waals surface area contributed by atoms with Crippen LogP contribution in [0.25, 0.3) is 10.8 Å². The van der Waals surface area contributed by atoms with E-state index in [9.17, 15) is 9.18 Å². The summed E-state index contributed by atoms with van der Waals surface area (Å²) < 4.78 is 14.3. The fourth-order valence-electron chi connectivity index (χ4n) is 3.26. The molecular weight excluding hydrogens is 363 g/mol. The molecule has 0 bridgehead atoms. The molecule has 3 rings (SSSR count). The molecule has 5 heteroatoms. The van der Waals surface area contributed by atoms with Crippen LogP contribution in [0.2, 0.25) is 5.02 Å². The first-order chi connectivity index (χ1) is 13.0. The molecule has 0 spiro atoms. The quantitative estimate of drug-likeness (QED) is 0.674. The Balaban J connectivity index is 1.73. The minimum absolute atomic E-state index is 0.106. The van der Waals surface area contributed by atoms with Crippen LogP contribution in [-0.4, -0.2) is 31.4 Å². The highest BCUT2D eigenvalue weighted by Gasteiger charge is 2.22. The molecule has 0 unspecified atom stereocenters. The van der Waals surface area contributed by atoms with Crippen molar-refractivity contribution in [1.82, 2.24) is 10.2 Å². The highest BCUT2D eigenvalue weighted by molar-refractivity contribution is 6.31. The zero-order valence-electron chi connectivity index (χ0n) is 15.4. The molecule has 0 radical (unpaired) electrons. The largest absolute Gasteiger partial charge is 0.354 e. The lowest BCUT2D eigenvalue weighted by Crippen LogP contribution is -2.35. The van der Waals surface area contributed by atoms with Crippen molar-refractivity contribution in [1.29, 1.82) is 0 Å². The van der Waals surface area contributed by atoms with E-state index in [1.165, 1.54) is 6.07 Å². The van der Waals surface area contributed by atoms with E-state index in [0.29, 0.717) is 10.6 Å². The van der Waals surface area contributed by atoms with Crippen molar-refractivity contribution in [3.05, 3.63) is 82.6 Å². The van der Waals surface area contributed by atoms with E-state index in [2.05, 4.69) is 5.32 Å². The second-order valence-electron chi connectivity index (χ2n) is 6.73. The van der Waals surface area contributed by atoms with Crippen LogP contribution in [-0.2, 0) is 11.2 Å². The average Bonchev–Trinajstić information content (AvgIpc) is 2.64. The van der Waals surface area contributed by atoms with Crippen molar-refractivity contribution in [2.75, 3.05) is 20.6 Å². The van der Waals surface area contributed by atoms with Crippen LogP contribution in [0.5, 0.6) is 0 Å². The number of benzene rings is 3. The van der Waals surface area contributed by atoms with E-state index >= 15 is 0 Å². The summed E-state index contributed by atoms with van der Waals surface area (Å²) in [5.74, 6) is -0.477. The number of likely N-dealkylation sites (N-methyl/N-ethyl adjacent to an activating group) is 1. The molecule has 3 aromatic carbocycles. The van der Waals surface area contributed by atoms with Gasteiger partial charge < -0.3 is 10.2 Å². The SMILES string of the molecule is CN(C)[C@H](CNC(=O)Cc1cccc2ccccc12)c1c(F)cccc1Cl. The lowest BCUT2D eigenvalue weighted by molar-refractivity contribution is -0.120. The molecule has 3 aromatic rings. The summed E-state index contributed by atoms with van der Waals surface area (Å²) in [6.45, 7) is 0.275. The number of nitrogens with zero attached hydrogens (tertiary/aromatic N) is 1. The Kier molecular flexibility index (Phi) is 6.09. The second-order valence-corrected chi connectivity index (χ2v) is 7.14. The van der Waals surface area contributed by atoms with Crippen molar-refractivity contribution in [3.8, 4) is 0 Å². The smallest absolute Gasteiger partial charge is 0.224 e. The van der Waals surface area contributed by atoms with Gasteiger partial charge in [-0.15, -0.1) is 0 Å². The lowest BCUT2D eigenvalue weighted by Gasteiger charge is -2.26. The molecule has 0 aliphatic heterocycles. The third-order valence-corrected chi connectivity index (χ3v) is 5.01. The van der Waals surface area contributed by atoms with Crippen molar-refractivity contribution in [2.45, 2.75) is 12.5 Å². The van der Waals surface area contributed by atoms with Gasteiger partial charge in [0, 0.05) is 17.1 Å². The lowest BCUT2D eigenvalue weighted by atomic mass is 10.0. The molecule has 0 saturated heterocycles. The zero-order chi connectivity index (χ0) is 19.4. The van der Waals surface area contributed by atoms with Crippen LogP contribution in [0.15, 0.2) is 60.7 Å². The van der Waals surface area contributed by atoms with Crippen LogP contribution >= 0.6 is 11.6 Å². The van der Waals surface area contributed by atoms with Gasteiger partial charge in [-0.25, -0.2) is 4.39 Å². The van der Waals surface area contributed by atoms with Crippen molar-refractivity contribution >= 4 is 28.3 Å². The Bertz CT molecular complexity index is 932. The molecule has 0 saturated carbocycles. The van der Waals surface area contributed by atoms with Gasteiger partial charge in [0.1, 0.15) is 5.82 Å². The summed E-state index contributed by atoms with van der Waals surface area (Å²) in [7, 11) is 3.68. The number of carbonyl (C=O) groups is 1. The highest BCUT2D eigenvalue weighted by atomic mass is 35.5. The third-order valence-electron chi connectivity index (χ3n) is 4.68. The van der Waals surface area contributed by atoms with Crippen LogP contribution in [0.4, 0.5) is 4.39 Å². The first-order valence-electron chi connectivity index (χ1n) is 8.81. The maximum absolute atomic E-state index is 14.3. The first kappa shape index (κ1) is 19.3. The van der Waals surface area contributed by atoms with Gasteiger partial charge in [-0.05, 0) is 42.6 Å². The van der Waals surface area contributed by atoms with Gasteiger partial charge in [-0.3, -0.25) is 4.79 Å². The van der Waals surface area contributed by atoms with Crippen LogP contribution < -0.4 is 5.32 Å². The Labute approximate surface area is 163 Å². The standard InChI is InChI=1S/C22H22ClFN2O/c1-26(2)20(22-18(23)11-6-12-19(22)24)14-25-21(27)13-16-9-5-8-15-7-3-4-10-17(15)16/h3-12,20H,13-14H2,1-2H3,(H,25,27)/t20-/m1/s1. The van der Waals surface area contributed by atoms with Crippen molar-refractivity contribution in [2.24, 2.45) is 0 Å². The molecule has 0 heterocycles. The summed E-state index contributed by atoms with van der Waals surface area (Å²) in [4.78, 5) is 14.4. The van der Waals surface area contributed by atoms with Gasteiger partial charge >= 0.3 is 0 Å². The fourth-order valence-corrected chi connectivity index (χ4v) is 3.55. The average molecular weight is 385 g/mol. The number of hydrogen-bond donors (Lipinski definition) is 1. The maximum atomic E-state index is 14.3. The molecule has 1 N–H and O–H groups in total. The van der Waals surface area contributed by atoms with Gasteiger partial charge in [0.05, 0.1) is 12.5 Å². The third kappa shape index (κ3) is 4.46. The first-order valence-corrected chi connectivity index (χ1v) is 9.19. The molecule has 0 aliphatic carbocycles. The number of halogens is 2. The van der Waals surface area contributed by atoms with E-state index in [4.69, 9.17) is 11.6 Å². The maximum Gasteiger partial charge on any atom is 0.224 e. The van der Waals surface area contributed by atoms with Gasteiger partial charge in [0.25, 0.3) is 0 Å². The zero-order valence-corrected chi connectivity index (χ0v) is 16.1. The Morgan fingerprint density at radius 3 is 2.52 bits per heavy atom. The molecule has 140 valence electrons. The number of hydrogen-bond acceptors (Lipinski definition) is 2. The minimum Gasteiger partial charge on any atom is -0.354 e. The Hall–Kier alpha value is -2.43. The predicted molar refractivity (Wildman–Crippen MR) is 108 cm³/mol. The van der Waals surface area contributed by atoms with Gasteiger partial charge in [0.15, 0.2) is 0 Å². The molecule has 1 atom stereocenters. The second kappa shape index (κ2) is 8.51. The summed E-state index contributed by atoms with van der Waals surface area (Å²) in [6.07, 6.45) is 0.270. The number of amides is 1. The van der Waals surface area contributed by atoms with Crippen molar-refractivity contribution < 1.29 is 9.18 Å². The van der Waals surface area contributed by atoms with Gasteiger partial charge in [0.2, 0.25) is 5.91 Å². The minimum atomic E-state index is -0.371. The Morgan fingerprint density at radius 2 is 1.78 bits per heavy atom. The van der Waals surface area contributed by atoms with E-state index in [1.807, 2.05) is 61.5 Å². The number of nitrogens with one attached hydrogen (secondary N) is 1. The van der Waals surface area contributed by atoms with Gasteiger partial charge in [-0.1, -0.05) is 60.1 Å². The fraction of sp³-hybridized carbons (Fsp3) is 0.227. The monoisotopic (exact) mass is 384 g/mol. The van der Waals surface area contributed by atoms with E-state index < -0.39 is 0 Å². The molecule has 0 aromatic heterocycles. The number of carbonyl (C=O) groups excluding carboxylic acids is 1. The molecule has 1 amide bonds. The molecule has 3 nitrogen and oxygen atoms in total. The van der Waals surface area contributed by atoms with E-state index in [0.717, 1.165) is 16.3 Å². The van der Waals surface area contributed by atoms with Crippen LogP contribution in [0, 0.1) is 5.82 Å². The van der Waals surface area contributed by atoms with E-state index in [1.54, 1.807) is 12.1 Å². The normalized spacial score (nSPS) is 12.3. The number of fused-ring (bicyclic) bond motifs is 1. The van der Waals surface area contributed by atoms with Crippen molar-refractivity contribution in [3.63, 3.8) is 0 Å². The van der Waals surface area contributed by atoms with Crippen LogP contribution in [0.3, 0.4) is 0 Å². The topological polar surface area (TPSA) is 32.3 Å². The summed E-state index contributed by atoms with van der Waals surface area (Å²) in [5, 5.41) is 5.45. The molecule has 0 fully saturated rings. The summed E-state index contributed by atoms with van der Waals surface area (Å²) in [6, 6.07) is 18.2. The molecule has 27 heavy (non-hydrogen) atoms. The van der Waals surface area contributed by atoms with Gasteiger partial charge in [-0.2, -0.15) is 0 Å².